The molecular weight excluding hydrogens is 142 g/mol. The molecule has 0 aliphatic heterocycles. The van der Waals surface area contributed by atoms with Crippen molar-refractivity contribution in [3.8, 4) is 6.07 Å². The van der Waals surface area contributed by atoms with E-state index in [0.29, 0.717) is 6.42 Å². The Morgan fingerprint density at radius 3 is 2.70 bits per heavy atom. The van der Waals surface area contributed by atoms with Crippen molar-refractivity contribution in [1.82, 2.24) is 0 Å². The van der Waals surface area contributed by atoms with Crippen molar-refractivity contribution in [1.29, 1.82) is 5.26 Å². The normalized spacial score (nSPS) is 8.70. The van der Waals surface area contributed by atoms with Gasteiger partial charge in [0, 0.05) is 0 Å². The molecule has 0 unspecified atom stereocenters. The van der Waals surface area contributed by atoms with Gasteiger partial charge in [-0.2, -0.15) is 10.2 Å². The fourth-order valence-corrected chi connectivity index (χ4v) is 0.954. The Hall–Kier alpha value is -1.07. The SMILES string of the molecule is N#CCc1ccccc1[S-]. The molecule has 50 valence electrons. The van der Waals surface area contributed by atoms with Crippen LogP contribution in [0.5, 0.6) is 0 Å². The quantitative estimate of drug-likeness (QED) is 0.565. The van der Waals surface area contributed by atoms with Gasteiger partial charge in [-0.3, -0.25) is 0 Å². The van der Waals surface area contributed by atoms with Gasteiger partial charge in [-0.1, -0.05) is 29.8 Å². The second kappa shape index (κ2) is 3.19. The van der Waals surface area contributed by atoms with Crippen LogP contribution in [-0.4, -0.2) is 0 Å². The Labute approximate surface area is 65.7 Å². The first-order valence-corrected chi connectivity index (χ1v) is 3.37. The summed E-state index contributed by atoms with van der Waals surface area (Å²) in [6.07, 6.45) is 0.416. The average Bonchev–Trinajstić information content (AvgIpc) is 1.94. The highest BCUT2D eigenvalue weighted by atomic mass is 32.1. The number of hydrogen-bond acceptors (Lipinski definition) is 2. The lowest BCUT2D eigenvalue weighted by molar-refractivity contribution is 1.18. The monoisotopic (exact) mass is 148 g/mol. The predicted molar refractivity (Wildman–Crippen MR) is 41.4 cm³/mol. The van der Waals surface area contributed by atoms with Gasteiger partial charge < -0.3 is 12.6 Å². The molecule has 0 saturated carbocycles. The van der Waals surface area contributed by atoms with E-state index in [1.165, 1.54) is 0 Å². The third-order valence-corrected chi connectivity index (χ3v) is 1.64. The molecule has 0 fully saturated rings. The number of rotatable bonds is 1. The number of benzene rings is 1. The smallest absolute Gasteiger partial charge is 0.0669 e. The molecule has 0 N–H and O–H groups in total. The molecule has 0 heterocycles. The molecule has 0 bridgehead atoms. The van der Waals surface area contributed by atoms with E-state index in [4.69, 9.17) is 17.9 Å². The van der Waals surface area contributed by atoms with Gasteiger partial charge in [0.25, 0.3) is 0 Å². The maximum Gasteiger partial charge on any atom is 0.0669 e. The van der Waals surface area contributed by atoms with Gasteiger partial charge in [0.1, 0.15) is 0 Å². The minimum Gasteiger partial charge on any atom is -0.779 e. The first-order chi connectivity index (χ1) is 4.84. The summed E-state index contributed by atoms with van der Waals surface area (Å²) < 4.78 is 0. The van der Waals surface area contributed by atoms with E-state index in [1.54, 1.807) is 0 Å². The zero-order valence-corrected chi connectivity index (χ0v) is 6.19. The van der Waals surface area contributed by atoms with Gasteiger partial charge in [0.05, 0.1) is 12.5 Å². The van der Waals surface area contributed by atoms with Crippen molar-refractivity contribution in [3.05, 3.63) is 29.8 Å². The van der Waals surface area contributed by atoms with Gasteiger partial charge in [0.15, 0.2) is 0 Å². The Balaban J connectivity index is 2.94. The van der Waals surface area contributed by atoms with Crippen LogP contribution < -0.4 is 0 Å². The zero-order valence-electron chi connectivity index (χ0n) is 5.37. The Morgan fingerprint density at radius 1 is 1.40 bits per heavy atom. The lowest BCUT2D eigenvalue weighted by atomic mass is 10.2. The van der Waals surface area contributed by atoms with Crippen molar-refractivity contribution in [2.45, 2.75) is 11.3 Å². The van der Waals surface area contributed by atoms with Crippen LogP contribution in [0.25, 0.3) is 0 Å². The summed E-state index contributed by atoms with van der Waals surface area (Å²) in [5.74, 6) is 0. The lowest BCUT2D eigenvalue weighted by Gasteiger charge is -2.08. The molecule has 1 aromatic rings. The fourth-order valence-electron chi connectivity index (χ4n) is 0.735. The zero-order chi connectivity index (χ0) is 7.40. The molecule has 0 aliphatic rings. The van der Waals surface area contributed by atoms with Gasteiger partial charge >= 0.3 is 0 Å². The maximum absolute atomic E-state index is 8.35. The van der Waals surface area contributed by atoms with Crippen LogP contribution in [0.1, 0.15) is 5.56 Å². The van der Waals surface area contributed by atoms with E-state index in [1.807, 2.05) is 24.3 Å². The van der Waals surface area contributed by atoms with E-state index < -0.39 is 0 Å². The molecule has 0 amide bonds. The summed E-state index contributed by atoms with van der Waals surface area (Å²) in [6.45, 7) is 0. The molecule has 1 aromatic carbocycles. The van der Waals surface area contributed by atoms with Crippen molar-refractivity contribution >= 4 is 12.6 Å². The predicted octanol–water partition coefficient (Wildman–Crippen LogP) is 1.66. The molecule has 1 nitrogen and oxygen atoms in total. The van der Waals surface area contributed by atoms with Crippen molar-refractivity contribution in [2.24, 2.45) is 0 Å². The van der Waals surface area contributed by atoms with Gasteiger partial charge in [-0.05, 0) is 0 Å². The maximum atomic E-state index is 8.35. The third-order valence-electron chi connectivity index (χ3n) is 1.24. The summed E-state index contributed by atoms with van der Waals surface area (Å²) in [5, 5.41) is 8.35. The van der Waals surface area contributed by atoms with Crippen molar-refractivity contribution in [3.63, 3.8) is 0 Å². The summed E-state index contributed by atoms with van der Waals surface area (Å²) in [4.78, 5) is 0.782. The molecule has 0 aromatic heterocycles. The molecule has 0 radical (unpaired) electrons. The van der Waals surface area contributed by atoms with Crippen LogP contribution in [0, 0.1) is 11.3 Å². The second-order valence-electron chi connectivity index (χ2n) is 1.94. The van der Waals surface area contributed by atoms with Gasteiger partial charge in [0.2, 0.25) is 0 Å². The molecule has 0 atom stereocenters. The van der Waals surface area contributed by atoms with Crippen LogP contribution >= 0.6 is 0 Å². The fraction of sp³-hybridized carbons (Fsp3) is 0.125. The molecule has 0 aliphatic carbocycles. The summed E-state index contributed by atoms with van der Waals surface area (Å²) in [7, 11) is 0. The van der Waals surface area contributed by atoms with Crippen LogP contribution in [0.15, 0.2) is 29.2 Å². The molecule has 0 saturated heterocycles. The highest BCUT2D eigenvalue weighted by Crippen LogP contribution is 2.06. The lowest BCUT2D eigenvalue weighted by Crippen LogP contribution is -1.83. The van der Waals surface area contributed by atoms with Crippen LogP contribution in [0.3, 0.4) is 0 Å². The second-order valence-corrected chi connectivity index (χ2v) is 2.38. The summed E-state index contributed by atoms with van der Waals surface area (Å²) in [5.41, 5.74) is 0.944. The minimum atomic E-state index is 0.416. The van der Waals surface area contributed by atoms with E-state index in [9.17, 15) is 0 Å². The summed E-state index contributed by atoms with van der Waals surface area (Å²) >= 11 is 4.97. The first-order valence-electron chi connectivity index (χ1n) is 2.96. The summed E-state index contributed by atoms with van der Waals surface area (Å²) in [6, 6.07) is 9.54. The topological polar surface area (TPSA) is 23.8 Å². The largest absolute Gasteiger partial charge is 0.779 e. The molecular formula is C8H6NS-. The highest BCUT2D eigenvalue weighted by molar-refractivity contribution is 7.58. The first kappa shape index (κ1) is 7.04. The van der Waals surface area contributed by atoms with Crippen molar-refractivity contribution in [2.75, 3.05) is 0 Å². The average molecular weight is 148 g/mol. The number of hydrogen-bond donors (Lipinski definition) is 0. The van der Waals surface area contributed by atoms with Gasteiger partial charge in [-0.15, -0.1) is 0 Å². The highest BCUT2D eigenvalue weighted by Gasteiger charge is 1.87. The van der Waals surface area contributed by atoms with E-state index >= 15 is 0 Å². The molecule has 2 heteroatoms. The van der Waals surface area contributed by atoms with E-state index in [0.717, 1.165) is 10.5 Å². The Morgan fingerprint density at radius 2 is 2.10 bits per heavy atom. The van der Waals surface area contributed by atoms with Crippen LogP contribution in [0.2, 0.25) is 0 Å². The van der Waals surface area contributed by atoms with E-state index in [2.05, 4.69) is 6.07 Å². The van der Waals surface area contributed by atoms with Crippen LogP contribution in [-0.2, 0) is 19.0 Å². The van der Waals surface area contributed by atoms with Crippen molar-refractivity contribution < 1.29 is 0 Å². The molecule has 0 spiro atoms. The molecule has 1 rings (SSSR count). The van der Waals surface area contributed by atoms with Crippen LogP contribution in [0.4, 0.5) is 0 Å². The Bertz CT molecular complexity index is 262. The molecule has 10 heavy (non-hydrogen) atoms. The number of nitrogens with zero attached hydrogens (tertiary/aromatic N) is 1. The number of nitriles is 1. The third kappa shape index (κ3) is 1.46. The van der Waals surface area contributed by atoms with E-state index in [-0.39, 0.29) is 0 Å². The Kier molecular flexibility index (Phi) is 2.24. The standard InChI is InChI=1S/C8H7NS/c9-6-5-7-3-1-2-4-8(7)10/h1-4,10H,5H2/p-1. The minimum absolute atomic E-state index is 0.416. The van der Waals surface area contributed by atoms with Gasteiger partial charge in [-0.25, -0.2) is 0 Å².